The van der Waals surface area contributed by atoms with E-state index in [-0.39, 0.29) is 5.56 Å². The number of primary amides is 1. The van der Waals surface area contributed by atoms with Crippen LogP contribution in [-0.2, 0) is 6.18 Å². The van der Waals surface area contributed by atoms with Gasteiger partial charge in [0.15, 0.2) is 5.78 Å². The molecule has 17 heavy (non-hydrogen) atoms. The largest absolute Gasteiger partial charge is 0.416 e. The Morgan fingerprint density at radius 3 is 2.24 bits per heavy atom. The number of hydrogen-bond acceptors (Lipinski definition) is 3. The summed E-state index contributed by atoms with van der Waals surface area (Å²) in [5.74, 6) is -0.997. The van der Waals surface area contributed by atoms with Gasteiger partial charge in [-0.15, -0.1) is 0 Å². The molecule has 2 N–H and O–H groups in total. The Labute approximate surface area is 94.2 Å². The van der Waals surface area contributed by atoms with Crippen LogP contribution in [0.2, 0.25) is 0 Å². The molecule has 7 heteroatoms. The molecule has 0 fully saturated rings. The van der Waals surface area contributed by atoms with Crippen LogP contribution in [0.1, 0.15) is 22.8 Å². The monoisotopic (exact) mass is 247 g/mol. The van der Waals surface area contributed by atoms with E-state index in [1.54, 1.807) is 0 Å². The molecule has 0 bridgehead atoms. The molecule has 1 aromatic carbocycles. The summed E-state index contributed by atoms with van der Waals surface area (Å²) in [5, 5.41) is 0. The van der Waals surface area contributed by atoms with Crippen molar-refractivity contribution in [3.63, 3.8) is 0 Å². The number of ether oxygens (including phenoxy) is 1. The summed E-state index contributed by atoms with van der Waals surface area (Å²) in [7, 11) is 0. The van der Waals surface area contributed by atoms with E-state index in [0.717, 1.165) is 13.0 Å². The maximum absolute atomic E-state index is 12.5. The van der Waals surface area contributed by atoms with E-state index >= 15 is 0 Å². The number of nitrogens with two attached hydrogens (primary N) is 1. The lowest BCUT2D eigenvalue weighted by Gasteiger charge is -2.10. The fourth-order valence-electron chi connectivity index (χ4n) is 1.14. The number of halogens is 3. The van der Waals surface area contributed by atoms with E-state index in [4.69, 9.17) is 0 Å². The first kappa shape index (κ1) is 13.0. The minimum Gasteiger partial charge on any atom is -0.410 e. The summed E-state index contributed by atoms with van der Waals surface area (Å²) >= 11 is 0. The van der Waals surface area contributed by atoms with Gasteiger partial charge in [0.2, 0.25) is 0 Å². The SMILES string of the molecule is CC(=O)c1cc(OC(N)=O)cc(C(F)(F)F)c1. The fraction of sp³-hybridized carbons (Fsp3) is 0.200. The van der Waals surface area contributed by atoms with Crippen LogP contribution in [0.4, 0.5) is 18.0 Å². The summed E-state index contributed by atoms with van der Waals surface area (Å²) in [4.78, 5) is 21.5. The average molecular weight is 247 g/mol. The first-order chi connectivity index (χ1) is 7.70. The molecule has 0 aromatic heterocycles. The zero-order valence-electron chi connectivity index (χ0n) is 8.67. The van der Waals surface area contributed by atoms with Crippen LogP contribution in [0, 0.1) is 0 Å². The van der Waals surface area contributed by atoms with Gasteiger partial charge < -0.3 is 10.5 Å². The molecule has 0 aliphatic carbocycles. The van der Waals surface area contributed by atoms with Crippen molar-refractivity contribution >= 4 is 11.9 Å². The highest BCUT2D eigenvalue weighted by atomic mass is 19.4. The van der Waals surface area contributed by atoms with Crippen molar-refractivity contribution in [3.05, 3.63) is 29.3 Å². The molecule has 1 amide bonds. The molecule has 0 unspecified atom stereocenters. The highest BCUT2D eigenvalue weighted by Crippen LogP contribution is 2.32. The molecule has 0 saturated heterocycles. The summed E-state index contributed by atoms with van der Waals surface area (Å²) in [6.07, 6.45) is -5.89. The number of ketones is 1. The molecule has 92 valence electrons. The van der Waals surface area contributed by atoms with Gasteiger partial charge in [0.25, 0.3) is 0 Å². The summed E-state index contributed by atoms with van der Waals surface area (Å²) in [6.45, 7) is 1.10. The highest BCUT2D eigenvalue weighted by molar-refractivity contribution is 5.94. The van der Waals surface area contributed by atoms with E-state index in [0.29, 0.717) is 12.1 Å². The molecule has 0 saturated carbocycles. The number of amides is 1. The number of carbonyl (C=O) groups is 2. The Hall–Kier alpha value is -2.05. The third-order valence-corrected chi connectivity index (χ3v) is 1.86. The Bertz CT molecular complexity index is 468. The van der Waals surface area contributed by atoms with E-state index < -0.39 is 29.4 Å². The van der Waals surface area contributed by atoms with E-state index in [1.807, 2.05) is 0 Å². The second kappa shape index (κ2) is 4.44. The number of alkyl halides is 3. The minimum atomic E-state index is -4.64. The van der Waals surface area contributed by atoms with Crippen LogP contribution < -0.4 is 10.5 Å². The van der Waals surface area contributed by atoms with Gasteiger partial charge in [-0.2, -0.15) is 13.2 Å². The standard InChI is InChI=1S/C10H8F3NO3/c1-5(15)6-2-7(10(11,12)13)4-8(3-6)17-9(14)16/h2-4H,1H3,(H2,14,16). The first-order valence-electron chi connectivity index (χ1n) is 4.40. The summed E-state index contributed by atoms with van der Waals surface area (Å²) in [5.41, 5.74) is 3.39. The van der Waals surface area contributed by atoms with Crippen molar-refractivity contribution in [3.8, 4) is 5.75 Å². The Kier molecular flexibility index (Phi) is 3.40. The van der Waals surface area contributed by atoms with Crippen molar-refractivity contribution in [2.75, 3.05) is 0 Å². The lowest BCUT2D eigenvalue weighted by atomic mass is 10.1. The molecule has 0 atom stereocenters. The smallest absolute Gasteiger partial charge is 0.410 e. The predicted molar refractivity (Wildman–Crippen MR) is 51.7 cm³/mol. The maximum Gasteiger partial charge on any atom is 0.416 e. The van der Waals surface area contributed by atoms with Gasteiger partial charge in [0, 0.05) is 5.56 Å². The molecule has 1 rings (SSSR count). The van der Waals surface area contributed by atoms with Gasteiger partial charge in [-0.3, -0.25) is 4.79 Å². The van der Waals surface area contributed by atoms with E-state index in [9.17, 15) is 22.8 Å². The van der Waals surface area contributed by atoms with Gasteiger partial charge in [-0.1, -0.05) is 0 Å². The second-order valence-corrected chi connectivity index (χ2v) is 3.22. The number of Topliss-reactive ketones (excluding diaryl/α,β-unsaturated/α-hetero) is 1. The van der Waals surface area contributed by atoms with Crippen molar-refractivity contribution < 1.29 is 27.5 Å². The van der Waals surface area contributed by atoms with Crippen molar-refractivity contribution in [1.29, 1.82) is 0 Å². The zero-order valence-corrected chi connectivity index (χ0v) is 8.67. The third-order valence-electron chi connectivity index (χ3n) is 1.86. The molecule has 0 aliphatic rings. The number of carbonyl (C=O) groups excluding carboxylic acids is 2. The Morgan fingerprint density at radius 2 is 1.82 bits per heavy atom. The van der Waals surface area contributed by atoms with Crippen molar-refractivity contribution in [1.82, 2.24) is 0 Å². The average Bonchev–Trinajstić information content (AvgIpc) is 2.14. The fourth-order valence-corrected chi connectivity index (χ4v) is 1.14. The normalized spacial score (nSPS) is 11.1. The molecule has 0 spiro atoms. The maximum atomic E-state index is 12.5. The molecular weight excluding hydrogens is 239 g/mol. The quantitative estimate of drug-likeness (QED) is 0.815. The zero-order chi connectivity index (χ0) is 13.2. The lowest BCUT2D eigenvalue weighted by Crippen LogP contribution is -2.17. The first-order valence-corrected chi connectivity index (χ1v) is 4.40. The van der Waals surface area contributed by atoms with Gasteiger partial charge in [0.05, 0.1) is 5.56 Å². The van der Waals surface area contributed by atoms with Crippen LogP contribution >= 0.6 is 0 Å². The second-order valence-electron chi connectivity index (χ2n) is 3.22. The Morgan fingerprint density at radius 1 is 1.24 bits per heavy atom. The number of rotatable bonds is 2. The van der Waals surface area contributed by atoms with Gasteiger partial charge in [-0.25, -0.2) is 4.79 Å². The highest BCUT2D eigenvalue weighted by Gasteiger charge is 2.32. The van der Waals surface area contributed by atoms with Gasteiger partial charge >= 0.3 is 12.3 Å². The predicted octanol–water partition coefficient (Wildman–Crippen LogP) is 2.37. The number of hydrogen-bond donors (Lipinski definition) is 1. The number of benzene rings is 1. The van der Waals surface area contributed by atoms with Crippen molar-refractivity contribution in [2.45, 2.75) is 13.1 Å². The lowest BCUT2D eigenvalue weighted by molar-refractivity contribution is -0.137. The van der Waals surface area contributed by atoms with Crippen LogP contribution in [-0.4, -0.2) is 11.9 Å². The van der Waals surface area contributed by atoms with E-state index in [1.165, 1.54) is 0 Å². The topological polar surface area (TPSA) is 69.4 Å². The molecule has 4 nitrogen and oxygen atoms in total. The van der Waals surface area contributed by atoms with Crippen molar-refractivity contribution in [2.24, 2.45) is 5.73 Å². The van der Waals surface area contributed by atoms with E-state index in [2.05, 4.69) is 10.5 Å². The van der Waals surface area contributed by atoms with Crippen LogP contribution in [0.5, 0.6) is 5.75 Å². The van der Waals surface area contributed by atoms with Crippen LogP contribution in [0.15, 0.2) is 18.2 Å². The third kappa shape index (κ3) is 3.47. The summed E-state index contributed by atoms with van der Waals surface area (Å²) in [6, 6.07) is 2.29. The van der Waals surface area contributed by atoms with Gasteiger partial charge in [0.1, 0.15) is 5.75 Å². The minimum absolute atomic E-state index is 0.212. The van der Waals surface area contributed by atoms with Crippen LogP contribution in [0.3, 0.4) is 0 Å². The molecule has 1 aromatic rings. The Balaban J connectivity index is 3.28. The van der Waals surface area contributed by atoms with Crippen LogP contribution in [0.25, 0.3) is 0 Å². The summed E-state index contributed by atoms with van der Waals surface area (Å²) < 4.78 is 41.7. The molecule has 0 radical (unpaired) electrons. The molecule has 0 aliphatic heterocycles. The molecule has 0 heterocycles. The molecular formula is C10H8F3NO3. The van der Waals surface area contributed by atoms with Gasteiger partial charge in [-0.05, 0) is 25.1 Å².